The van der Waals surface area contributed by atoms with Crippen molar-refractivity contribution in [1.29, 1.82) is 0 Å². The van der Waals surface area contributed by atoms with Crippen molar-refractivity contribution in [2.45, 2.75) is 44.6 Å². The van der Waals surface area contributed by atoms with E-state index < -0.39 is 0 Å². The van der Waals surface area contributed by atoms with Gasteiger partial charge in [0, 0.05) is 6.04 Å². The highest BCUT2D eigenvalue weighted by atomic mass is 35.5. The highest BCUT2D eigenvalue weighted by Gasteiger charge is 2.35. The quantitative estimate of drug-likeness (QED) is 0.638. The molecule has 1 fully saturated rings. The summed E-state index contributed by atoms with van der Waals surface area (Å²) >= 11 is 12.9. The maximum Gasteiger partial charge on any atom is 0.0627 e. The topological polar surface area (TPSA) is 3.24 Å². The van der Waals surface area contributed by atoms with Gasteiger partial charge in [-0.05, 0) is 70.2 Å². The summed E-state index contributed by atoms with van der Waals surface area (Å²) in [6.07, 6.45) is 9.44. The fourth-order valence-electron chi connectivity index (χ4n) is 4.16. The van der Waals surface area contributed by atoms with Crippen molar-refractivity contribution >= 4 is 23.2 Å². The minimum Gasteiger partial charge on any atom is -0.306 e. The SMILES string of the molecule is CC1=CCC(C2CCC(N(C)C)CC2c2cccc(Cl)c2Cl)=C1. The number of rotatable bonds is 3. The minimum absolute atomic E-state index is 0.452. The van der Waals surface area contributed by atoms with Crippen molar-refractivity contribution in [3.63, 3.8) is 0 Å². The zero-order valence-electron chi connectivity index (χ0n) is 14.2. The van der Waals surface area contributed by atoms with Gasteiger partial charge < -0.3 is 4.90 Å². The van der Waals surface area contributed by atoms with Crippen molar-refractivity contribution in [3.05, 3.63) is 57.1 Å². The first-order valence-corrected chi connectivity index (χ1v) is 9.20. The summed E-state index contributed by atoms with van der Waals surface area (Å²) in [6.45, 7) is 2.19. The average molecular weight is 350 g/mol. The van der Waals surface area contributed by atoms with Gasteiger partial charge in [0.05, 0.1) is 10.0 Å². The molecule has 3 heteroatoms. The number of halogens is 2. The molecule has 0 spiro atoms. The van der Waals surface area contributed by atoms with Crippen LogP contribution in [-0.4, -0.2) is 25.0 Å². The Bertz CT molecular complexity index is 645. The molecule has 0 amide bonds. The lowest BCUT2D eigenvalue weighted by Crippen LogP contribution is -2.36. The molecule has 1 nitrogen and oxygen atoms in total. The van der Waals surface area contributed by atoms with Gasteiger partial charge in [0.25, 0.3) is 0 Å². The molecule has 0 N–H and O–H groups in total. The molecule has 124 valence electrons. The number of hydrogen-bond donors (Lipinski definition) is 0. The van der Waals surface area contributed by atoms with E-state index in [4.69, 9.17) is 23.2 Å². The van der Waals surface area contributed by atoms with Gasteiger partial charge in [-0.3, -0.25) is 0 Å². The molecule has 0 saturated heterocycles. The molecular formula is C20H25Cl2N. The van der Waals surface area contributed by atoms with Gasteiger partial charge >= 0.3 is 0 Å². The van der Waals surface area contributed by atoms with Crippen molar-refractivity contribution in [1.82, 2.24) is 4.90 Å². The van der Waals surface area contributed by atoms with Gasteiger partial charge in [0.1, 0.15) is 0 Å². The third kappa shape index (κ3) is 3.52. The first-order chi connectivity index (χ1) is 11.0. The van der Waals surface area contributed by atoms with E-state index in [1.807, 2.05) is 12.1 Å². The first-order valence-electron chi connectivity index (χ1n) is 8.45. The Balaban J connectivity index is 1.95. The smallest absolute Gasteiger partial charge is 0.0627 e. The third-order valence-corrected chi connectivity index (χ3v) is 6.32. The Morgan fingerprint density at radius 3 is 2.52 bits per heavy atom. The zero-order chi connectivity index (χ0) is 16.6. The molecule has 1 saturated carbocycles. The second kappa shape index (κ2) is 7.01. The van der Waals surface area contributed by atoms with E-state index in [-0.39, 0.29) is 0 Å². The van der Waals surface area contributed by atoms with Crippen LogP contribution in [0.4, 0.5) is 0 Å². The number of hydrogen-bond acceptors (Lipinski definition) is 1. The van der Waals surface area contributed by atoms with Crippen LogP contribution in [0.25, 0.3) is 0 Å². The monoisotopic (exact) mass is 349 g/mol. The highest BCUT2D eigenvalue weighted by Crippen LogP contribution is 2.47. The fourth-order valence-corrected chi connectivity index (χ4v) is 4.61. The predicted molar refractivity (Wildman–Crippen MR) is 100 cm³/mol. The van der Waals surface area contributed by atoms with Crippen LogP contribution >= 0.6 is 23.2 Å². The summed E-state index contributed by atoms with van der Waals surface area (Å²) in [4.78, 5) is 2.36. The van der Waals surface area contributed by atoms with Gasteiger partial charge in [-0.25, -0.2) is 0 Å². The summed E-state index contributed by atoms with van der Waals surface area (Å²) in [6, 6.07) is 6.70. The third-order valence-electron chi connectivity index (χ3n) is 5.48. The molecule has 0 aromatic heterocycles. The van der Waals surface area contributed by atoms with Crippen LogP contribution in [0.5, 0.6) is 0 Å². The van der Waals surface area contributed by atoms with Crippen LogP contribution in [0.1, 0.15) is 44.1 Å². The van der Waals surface area contributed by atoms with Gasteiger partial charge in [-0.15, -0.1) is 0 Å². The lowest BCUT2D eigenvalue weighted by Gasteiger charge is -2.40. The normalized spacial score (nSPS) is 28.0. The van der Waals surface area contributed by atoms with Crippen LogP contribution in [-0.2, 0) is 0 Å². The molecule has 3 rings (SSSR count). The van der Waals surface area contributed by atoms with Crippen LogP contribution < -0.4 is 0 Å². The molecular weight excluding hydrogens is 325 g/mol. The molecule has 3 atom stereocenters. The molecule has 1 aromatic carbocycles. The Morgan fingerprint density at radius 1 is 1.09 bits per heavy atom. The molecule has 23 heavy (non-hydrogen) atoms. The molecule has 0 heterocycles. The predicted octanol–water partition coefficient (Wildman–Crippen LogP) is 6.08. The highest BCUT2D eigenvalue weighted by molar-refractivity contribution is 6.42. The molecule has 2 aliphatic rings. The van der Waals surface area contributed by atoms with E-state index in [2.05, 4.69) is 44.1 Å². The second-order valence-corrected chi connectivity index (χ2v) is 7.94. The molecule has 0 aliphatic heterocycles. The van der Waals surface area contributed by atoms with Crippen molar-refractivity contribution in [3.8, 4) is 0 Å². The van der Waals surface area contributed by atoms with Crippen molar-refractivity contribution < 1.29 is 0 Å². The molecule has 3 unspecified atom stereocenters. The van der Waals surface area contributed by atoms with Crippen LogP contribution in [0, 0.1) is 5.92 Å². The first kappa shape index (κ1) is 17.1. The molecule has 1 aromatic rings. The summed E-state index contributed by atoms with van der Waals surface area (Å²) in [5, 5.41) is 1.41. The van der Waals surface area contributed by atoms with E-state index in [0.29, 0.717) is 22.9 Å². The molecule has 0 bridgehead atoms. The molecule has 2 aliphatic carbocycles. The van der Waals surface area contributed by atoms with Crippen molar-refractivity contribution in [2.75, 3.05) is 14.1 Å². The Hall–Kier alpha value is -0.760. The van der Waals surface area contributed by atoms with E-state index in [1.165, 1.54) is 24.0 Å². The summed E-state index contributed by atoms with van der Waals surface area (Å²) in [7, 11) is 4.37. The van der Waals surface area contributed by atoms with Crippen LogP contribution in [0.3, 0.4) is 0 Å². The lowest BCUT2D eigenvalue weighted by molar-refractivity contribution is 0.184. The zero-order valence-corrected chi connectivity index (χ0v) is 15.7. The Kier molecular flexibility index (Phi) is 5.20. The van der Waals surface area contributed by atoms with E-state index in [0.717, 1.165) is 17.9 Å². The maximum absolute atomic E-state index is 6.58. The van der Waals surface area contributed by atoms with Gasteiger partial charge in [-0.1, -0.05) is 58.6 Å². The molecule has 0 radical (unpaired) electrons. The summed E-state index contributed by atoms with van der Waals surface area (Å²) in [5.41, 5.74) is 4.19. The largest absolute Gasteiger partial charge is 0.306 e. The summed E-state index contributed by atoms with van der Waals surface area (Å²) in [5.74, 6) is 1.03. The van der Waals surface area contributed by atoms with E-state index in [1.54, 1.807) is 5.57 Å². The number of benzene rings is 1. The lowest BCUT2D eigenvalue weighted by atomic mass is 9.70. The standard InChI is InChI=1S/C20H25Cl2N/c1-13-7-8-14(11-13)16-10-9-15(23(2)3)12-18(16)17-5-4-6-19(21)20(17)22/h4-7,11,15-16,18H,8-10,12H2,1-3H3. The Morgan fingerprint density at radius 2 is 1.87 bits per heavy atom. The number of allylic oxidation sites excluding steroid dienone is 4. The van der Waals surface area contributed by atoms with Gasteiger partial charge in [0.2, 0.25) is 0 Å². The average Bonchev–Trinajstić information content (AvgIpc) is 2.96. The van der Waals surface area contributed by atoms with Crippen LogP contribution in [0.15, 0.2) is 41.5 Å². The fraction of sp³-hybridized carbons (Fsp3) is 0.500. The van der Waals surface area contributed by atoms with E-state index >= 15 is 0 Å². The van der Waals surface area contributed by atoms with Crippen molar-refractivity contribution in [2.24, 2.45) is 5.92 Å². The Labute approximate surface area is 150 Å². The summed E-state index contributed by atoms with van der Waals surface area (Å²) < 4.78 is 0. The van der Waals surface area contributed by atoms with Gasteiger partial charge in [0.15, 0.2) is 0 Å². The van der Waals surface area contributed by atoms with Gasteiger partial charge in [-0.2, -0.15) is 0 Å². The maximum atomic E-state index is 6.58. The second-order valence-electron chi connectivity index (χ2n) is 7.16. The van der Waals surface area contributed by atoms with Crippen LogP contribution in [0.2, 0.25) is 10.0 Å². The minimum atomic E-state index is 0.452. The number of nitrogens with zero attached hydrogens (tertiary/aromatic N) is 1. The van der Waals surface area contributed by atoms with E-state index in [9.17, 15) is 0 Å².